The molecule has 0 fully saturated rings. The standard InChI is InChI=1S/C24H32ClN3O5S/c1-6-17(2)26-24(30)18(3)28(15-19-7-11-21(33-5)12-8-19)23(29)16-27(4)34(31,32)22-13-9-20(25)10-14-22/h7-14,17-18H,6,15-16H2,1-5H3,(H,26,30)/t17-,18+/m0/s1. The molecule has 0 radical (unpaired) electrons. The van der Waals surface area contributed by atoms with Gasteiger partial charge in [0.2, 0.25) is 21.8 Å². The number of amides is 2. The highest BCUT2D eigenvalue weighted by molar-refractivity contribution is 7.89. The molecule has 8 nitrogen and oxygen atoms in total. The average Bonchev–Trinajstić information content (AvgIpc) is 2.82. The number of methoxy groups -OCH3 is 1. The topological polar surface area (TPSA) is 96.0 Å². The van der Waals surface area contributed by atoms with Crippen LogP contribution in [0.5, 0.6) is 5.75 Å². The molecule has 2 aromatic carbocycles. The van der Waals surface area contributed by atoms with Crippen LogP contribution in [0.2, 0.25) is 5.02 Å². The van der Waals surface area contributed by atoms with Crippen LogP contribution in [0.25, 0.3) is 0 Å². The van der Waals surface area contributed by atoms with Gasteiger partial charge in [-0.3, -0.25) is 9.59 Å². The van der Waals surface area contributed by atoms with Gasteiger partial charge >= 0.3 is 0 Å². The molecule has 0 bridgehead atoms. The van der Waals surface area contributed by atoms with E-state index in [2.05, 4.69) is 5.32 Å². The SMILES string of the molecule is CC[C@H](C)NC(=O)[C@@H](C)N(Cc1ccc(OC)cc1)C(=O)CN(C)S(=O)(=O)c1ccc(Cl)cc1. The first-order valence-electron chi connectivity index (χ1n) is 10.9. The van der Waals surface area contributed by atoms with E-state index in [4.69, 9.17) is 16.3 Å². The number of rotatable bonds is 11. The van der Waals surface area contributed by atoms with Crippen molar-refractivity contribution in [1.82, 2.24) is 14.5 Å². The van der Waals surface area contributed by atoms with Gasteiger partial charge in [-0.05, 0) is 62.2 Å². The van der Waals surface area contributed by atoms with Crippen molar-refractivity contribution in [3.63, 3.8) is 0 Å². The molecule has 0 heterocycles. The number of nitrogens with one attached hydrogen (secondary N) is 1. The molecule has 2 amide bonds. The van der Waals surface area contributed by atoms with Gasteiger partial charge in [0.1, 0.15) is 11.8 Å². The van der Waals surface area contributed by atoms with Crippen LogP contribution in [-0.4, -0.2) is 62.2 Å². The molecule has 10 heteroatoms. The molecule has 2 aromatic rings. The number of ether oxygens (including phenoxy) is 1. The van der Waals surface area contributed by atoms with Crippen molar-refractivity contribution < 1.29 is 22.7 Å². The molecule has 0 spiro atoms. The first-order chi connectivity index (χ1) is 16.0. The number of sulfonamides is 1. The third-order valence-electron chi connectivity index (χ3n) is 5.56. The minimum Gasteiger partial charge on any atom is -0.497 e. The summed E-state index contributed by atoms with van der Waals surface area (Å²) >= 11 is 5.86. The van der Waals surface area contributed by atoms with Crippen LogP contribution in [0.1, 0.15) is 32.8 Å². The molecule has 0 aliphatic carbocycles. The summed E-state index contributed by atoms with van der Waals surface area (Å²) in [4.78, 5) is 27.5. The zero-order valence-electron chi connectivity index (χ0n) is 20.1. The molecule has 0 aromatic heterocycles. The maximum absolute atomic E-state index is 13.3. The van der Waals surface area contributed by atoms with Crippen molar-refractivity contribution in [2.75, 3.05) is 20.7 Å². The zero-order valence-corrected chi connectivity index (χ0v) is 21.7. The van der Waals surface area contributed by atoms with Crippen LogP contribution in [0.3, 0.4) is 0 Å². The monoisotopic (exact) mass is 509 g/mol. The van der Waals surface area contributed by atoms with Gasteiger partial charge in [-0.15, -0.1) is 0 Å². The molecule has 0 saturated carbocycles. The lowest BCUT2D eigenvalue weighted by atomic mass is 10.1. The number of benzene rings is 2. The Morgan fingerprint density at radius 1 is 1.06 bits per heavy atom. The molecule has 186 valence electrons. The molecule has 34 heavy (non-hydrogen) atoms. The molecular weight excluding hydrogens is 478 g/mol. The molecular formula is C24H32ClN3O5S. The van der Waals surface area contributed by atoms with E-state index in [1.54, 1.807) is 38.3 Å². The summed E-state index contributed by atoms with van der Waals surface area (Å²) in [5.41, 5.74) is 0.778. The minimum absolute atomic E-state index is 0.0245. The third-order valence-corrected chi connectivity index (χ3v) is 7.63. The second kappa shape index (κ2) is 12.2. The fraction of sp³-hybridized carbons (Fsp3) is 0.417. The van der Waals surface area contributed by atoms with Crippen LogP contribution in [0.15, 0.2) is 53.4 Å². The Morgan fingerprint density at radius 2 is 1.65 bits per heavy atom. The van der Waals surface area contributed by atoms with Gasteiger partial charge in [0, 0.05) is 24.7 Å². The van der Waals surface area contributed by atoms with Crippen molar-refractivity contribution in [3.05, 3.63) is 59.1 Å². The van der Waals surface area contributed by atoms with E-state index in [9.17, 15) is 18.0 Å². The van der Waals surface area contributed by atoms with E-state index in [-0.39, 0.29) is 23.4 Å². The van der Waals surface area contributed by atoms with Crippen LogP contribution in [0.4, 0.5) is 0 Å². The Hall–Kier alpha value is -2.62. The quantitative estimate of drug-likeness (QED) is 0.501. The molecule has 0 aliphatic rings. The van der Waals surface area contributed by atoms with Gasteiger partial charge in [0.15, 0.2) is 0 Å². The Balaban J connectivity index is 2.27. The fourth-order valence-electron chi connectivity index (χ4n) is 3.13. The van der Waals surface area contributed by atoms with E-state index >= 15 is 0 Å². The first kappa shape index (κ1) is 27.6. The van der Waals surface area contributed by atoms with Crippen LogP contribution < -0.4 is 10.1 Å². The first-order valence-corrected chi connectivity index (χ1v) is 12.8. The van der Waals surface area contributed by atoms with Gasteiger partial charge in [-0.2, -0.15) is 4.31 Å². The number of likely N-dealkylation sites (N-methyl/N-ethyl adjacent to an activating group) is 1. The van der Waals surface area contributed by atoms with Gasteiger partial charge in [-0.1, -0.05) is 30.7 Å². The Morgan fingerprint density at radius 3 is 2.18 bits per heavy atom. The van der Waals surface area contributed by atoms with E-state index in [0.717, 1.165) is 16.3 Å². The van der Waals surface area contributed by atoms with Crippen molar-refractivity contribution in [1.29, 1.82) is 0 Å². The summed E-state index contributed by atoms with van der Waals surface area (Å²) in [5.74, 6) is -0.139. The molecule has 0 saturated heterocycles. The molecule has 2 rings (SSSR count). The molecule has 0 unspecified atom stereocenters. The van der Waals surface area contributed by atoms with Crippen LogP contribution >= 0.6 is 11.6 Å². The van der Waals surface area contributed by atoms with Gasteiger partial charge in [0.05, 0.1) is 18.6 Å². The smallest absolute Gasteiger partial charge is 0.243 e. The average molecular weight is 510 g/mol. The Kier molecular flexibility index (Phi) is 9.90. The van der Waals surface area contributed by atoms with Gasteiger partial charge in [0.25, 0.3) is 0 Å². The van der Waals surface area contributed by atoms with Crippen molar-refractivity contribution >= 4 is 33.4 Å². The summed E-state index contributed by atoms with van der Waals surface area (Å²) in [6.07, 6.45) is 0.743. The number of carbonyl (C=O) groups excluding carboxylic acids is 2. The predicted octanol–water partition coefficient (Wildman–Crippen LogP) is 3.30. The lowest BCUT2D eigenvalue weighted by Crippen LogP contribution is -2.51. The normalized spacial score (nSPS) is 13.3. The summed E-state index contributed by atoms with van der Waals surface area (Å²) in [6.45, 7) is 5.17. The maximum atomic E-state index is 13.3. The van der Waals surface area contributed by atoms with E-state index in [1.165, 1.54) is 36.2 Å². The molecule has 1 N–H and O–H groups in total. The number of hydrogen-bond donors (Lipinski definition) is 1. The van der Waals surface area contributed by atoms with E-state index < -0.39 is 28.5 Å². The number of halogens is 1. The summed E-state index contributed by atoms with van der Waals surface area (Å²) in [6, 6.07) is 12.0. The third kappa shape index (κ3) is 7.19. The largest absolute Gasteiger partial charge is 0.497 e. The van der Waals surface area contributed by atoms with Crippen molar-refractivity contribution in [3.8, 4) is 5.75 Å². The maximum Gasteiger partial charge on any atom is 0.243 e. The van der Waals surface area contributed by atoms with Gasteiger partial charge in [-0.25, -0.2) is 8.42 Å². The second-order valence-electron chi connectivity index (χ2n) is 8.08. The minimum atomic E-state index is -3.92. The van der Waals surface area contributed by atoms with Crippen LogP contribution in [0, 0.1) is 0 Å². The highest BCUT2D eigenvalue weighted by Crippen LogP contribution is 2.19. The summed E-state index contributed by atoms with van der Waals surface area (Å²) < 4.78 is 32.0. The lowest BCUT2D eigenvalue weighted by molar-refractivity contribution is -0.140. The van der Waals surface area contributed by atoms with Crippen LogP contribution in [-0.2, 0) is 26.2 Å². The van der Waals surface area contributed by atoms with Crippen molar-refractivity contribution in [2.24, 2.45) is 0 Å². The predicted molar refractivity (Wildman–Crippen MR) is 132 cm³/mol. The van der Waals surface area contributed by atoms with Gasteiger partial charge < -0.3 is 15.0 Å². The Bertz CT molecular complexity index is 1070. The molecule has 0 aliphatic heterocycles. The Labute approximate surface area is 206 Å². The highest BCUT2D eigenvalue weighted by Gasteiger charge is 2.30. The molecule has 2 atom stereocenters. The highest BCUT2D eigenvalue weighted by atomic mass is 35.5. The number of nitrogens with zero attached hydrogens (tertiary/aromatic N) is 2. The summed E-state index contributed by atoms with van der Waals surface area (Å²) in [5, 5.41) is 3.29. The second-order valence-corrected chi connectivity index (χ2v) is 10.6. The number of hydrogen-bond acceptors (Lipinski definition) is 5. The van der Waals surface area contributed by atoms with E-state index in [1.807, 2.05) is 13.8 Å². The summed E-state index contributed by atoms with van der Waals surface area (Å²) in [7, 11) is -1.04. The number of carbonyl (C=O) groups is 2. The fourth-order valence-corrected chi connectivity index (χ4v) is 4.37. The zero-order chi connectivity index (χ0) is 25.5. The van der Waals surface area contributed by atoms with E-state index in [0.29, 0.717) is 10.8 Å². The lowest BCUT2D eigenvalue weighted by Gasteiger charge is -2.31. The van der Waals surface area contributed by atoms with Crippen molar-refractivity contribution in [2.45, 2.75) is 50.7 Å².